The highest BCUT2D eigenvalue weighted by atomic mass is 35.5. The van der Waals surface area contributed by atoms with Crippen LogP contribution in [0.4, 0.5) is 5.13 Å². The first-order valence-corrected chi connectivity index (χ1v) is 11.8. The Morgan fingerprint density at radius 3 is 2.65 bits per heavy atom. The molecule has 0 aliphatic carbocycles. The van der Waals surface area contributed by atoms with E-state index in [0.717, 1.165) is 30.2 Å². The molecule has 1 saturated heterocycles. The molecule has 11 heteroatoms. The minimum absolute atomic E-state index is 0.259. The van der Waals surface area contributed by atoms with E-state index in [9.17, 15) is 5.11 Å². The number of ether oxygens (including phenoxy) is 1. The van der Waals surface area contributed by atoms with E-state index < -0.39 is 18.0 Å². The van der Waals surface area contributed by atoms with E-state index in [4.69, 9.17) is 41.1 Å². The van der Waals surface area contributed by atoms with Crippen LogP contribution in [0.1, 0.15) is 6.42 Å². The maximum absolute atomic E-state index is 10.4. The number of aromatic nitrogens is 1. The summed E-state index contributed by atoms with van der Waals surface area (Å²) in [4.78, 5) is 27.5. The molecule has 34 heavy (non-hydrogen) atoms. The van der Waals surface area contributed by atoms with Gasteiger partial charge in [0.25, 0.3) is 0 Å². The summed E-state index contributed by atoms with van der Waals surface area (Å²) in [5.74, 6) is -2.97. The summed E-state index contributed by atoms with van der Waals surface area (Å²) in [6.45, 7) is 2.74. The van der Waals surface area contributed by atoms with E-state index in [1.807, 2.05) is 18.2 Å². The lowest BCUT2D eigenvalue weighted by molar-refractivity contribution is -0.159. The zero-order valence-electron chi connectivity index (χ0n) is 18.5. The third kappa shape index (κ3) is 7.29. The Bertz CT molecular complexity index is 1080. The highest BCUT2D eigenvalue weighted by Gasteiger charge is 2.28. The van der Waals surface area contributed by atoms with Crippen molar-refractivity contribution in [2.45, 2.75) is 18.6 Å². The number of β-amino-alcohol motifs (C(OH)–C–C–N with tert-alkyl or cyclic N) is 1. The molecule has 1 fully saturated rings. The van der Waals surface area contributed by atoms with Crippen molar-refractivity contribution in [2.24, 2.45) is 0 Å². The number of carbonyl (C=O) groups is 2. The lowest BCUT2D eigenvalue weighted by Gasteiger charge is -2.25. The number of benzene rings is 2. The second kappa shape index (κ2) is 12.0. The van der Waals surface area contributed by atoms with Gasteiger partial charge in [0, 0.05) is 37.7 Å². The number of carboxylic acid groups (broad SMARTS) is 2. The van der Waals surface area contributed by atoms with Crippen molar-refractivity contribution in [3.63, 3.8) is 0 Å². The zero-order chi connectivity index (χ0) is 24.7. The number of rotatable bonds is 7. The van der Waals surface area contributed by atoms with E-state index >= 15 is 0 Å². The molecule has 0 amide bonds. The van der Waals surface area contributed by atoms with Crippen LogP contribution in [-0.4, -0.2) is 82.6 Å². The van der Waals surface area contributed by atoms with Gasteiger partial charge in [-0.2, -0.15) is 0 Å². The van der Waals surface area contributed by atoms with Gasteiger partial charge in [0.15, 0.2) is 5.13 Å². The van der Waals surface area contributed by atoms with Gasteiger partial charge in [0.2, 0.25) is 0 Å². The molecular formula is C23H26ClN3O6S. The van der Waals surface area contributed by atoms with Crippen LogP contribution >= 0.6 is 22.9 Å². The van der Waals surface area contributed by atoms with Gasteiger partial charge < -0.3 is 25.0 Å². The maximum Gasteiger partial charge on any atom is 0.414 e. The van der Waals surface area contributed by atoms with E-state index in [1.54, 1.807) is 23.5 Å². The van der Waals surface area contributed by atoms with Crippen LogP contribution in [0.3, 0.4) is 0 Å². The summed E-state index contributed by atoms with van der Waals surface area (Å²) in [5, 5.41) is 26.8. The van der Waals surface area contributed by atoms with Crippen molar-refractivity contribution in [3.05, 3.63) is 53.6 Å². The average Bonchev–Trinajstić information content (AvgIpc) is 3.45. The van der Waals surface area contributed by atoms with Crippen molar-refractivity contribution < 1.29 is 29.6 Å². The number of hydrogen-bond acceptors (Lipinski definition) is 8. The van der Waals surface area contributed by atoms with Crippen LogP contribution in [0.5, 0.6) is 5.75 Å². The quantitative estimate of drug-likeness (QED) is 0.414. The van der Waals surface area contributed by atoms with Gasteiger partial charge >= 0.3 is 11.9 Å². The Kier molecular flexibility index (Phi) is 9.05. The maximum atomic E-state index is 10.4. The standard InChI is InChI=1S/C21H24ClN3O2S.C2H2O4/c1-24(21-23-19-7-2-3-8-20(19)28-21)16-9-10-25(12-16)13-17(26)14-27-18-6-4-5-15(22)11-18;3-1(4)2(5)6/h2-8,11,16-17,26H,9-10,12-14H2,1H3;(H,3,4)(H,5,6). The number of hydrogen-bond donors (Lipinski definition) is 3. The first-order valence-electron chi connectivity index (χ1n) is 10.6. The smallest absolute Gasteiger partial charge is 0.414 e. The molecule has 2 atom stereocenters. The number of para-hydroxylation sites is 1. The summed E-state index contributed by atoms with van der Waals surface area (Å²) in [6, 6.07) is 15.9. The molecule has 1 aliphatic rings. The van der Waals surface area contributed by atoms with Gasteiger partial charge in [0.05, 0.1) is 10.2 Å². The molecule has 2 unspecified atom stereocenters. The van der Waals surface area contributed by atoms with Crippen molar-refractivity contribution >= 4 is 50.2 Å². The second-order valence-corrected chi connectivity index (χ2v) is 9.26. The number of likely N-dealkylation sites (N-methyl/N-ethyl adjacent to an activating group) is 1. The third-order valence-electron chi connectivity index (χ3n) is 5.27. The molecule has 9 nitrogen and oxygen atoms in total. The van der Waals surface area contributed by atoms with Crippen LogP contribution < -0.4 is 9.64 Å². The predicted molar refractivity (Wildman–Crippen MR) is 131 cm³/mol. The number of likely N-dealkylation sites (tertiary alicyclic amines) is 1. The Labute approximate surface area is 205 Å². The number of aliphatic hydroxyl groups is 1. The van der Waals surface area contributed by atoms with Gasteiger partial charge in [-0.3, -0.25) is 4.90 Å². The largest absolute Gasteiger partial charge is 0.491 e. The minimum atomic E-state index is -1.82. The molecule has 182 valence electrons. The highest BCUT2D eigenvalue weighted by molar-refractivity contribution is 7.22. The molecule has 4 rings (SSSR count). The first-order chi connectivity index (χ1) is 16.2. The summed E-state index contributed by atoms with van der Waals surface area (Å²) < 4.78 is 6.87. The zero-order valence-corrected chi connectivity index (χ0v) is 20.1. The molecule has 2 heterocycles. The monoisotopic (exact) mass is 507 g/mol. The number of anilines is 1. The summed E-state index contributed by atoms with van der Waals surface area (Å²) in [5.41, 5.74) is 1.05. The Morgan fingerprint density at radius 2 is 1.97 bits per heavy atom. The Morgan fingerprint density at radius 1 is 1.24 bits per heavy atom. The van der Waals surface area contributed by atoms with Gasteiger partial charge in [0.1, 0.15) is 18.5 Å². The summed E-state index contributed by atoms with van der Waals surface area (Å²) in [6.07, 6.45) is 0.527. The highest BCUT2D eigenvalue weighted by Crippen LogP contribution is 2.30. The summed E-state index contributed by atoms with van der Waals surface area (Å²) >= 11 is 7.69. The fraction of sp³-hybridized carbons (Fsp3) is 0.348. The number of aliphatic carboxylic acids is 2. The topological polar surface area (TPSA) is 123 Å². The Hall–Kier alpha value is -2.92. The van der Waals surface area contributed by atoms with Gasteiger partial charge in [-0.1, -0.05) is 41.1 Å². The third-order valence-corrected chi connectivity index (χ3v) is 6.63. The molecule has 0 spiro atoms. The van der Waals surface area contributed by atoms with Gasteiger partial charge in [-0.05, 0) is 36.8 Å². The molecule has 0 radical (unpaired) electrons. The van der Waals surface area contributed by atoms with Crippen molar-refractivity contribution in [2.75, 3.05) is 38.2 Å². The second-order valence-electron chi connectivity index (χ2n) is 7.81. The van der Waals surface area contributed by atoms with E-state index in [2.05, 4.69) is 35.0 Å². The van der Waals surface area contributed by atoms with Crippen LogP contribution in [0, 0.1) is 0 Å². The van der Waals surface area contributed by atoms with Gasteiger partial charge in [-0.15, -0.1) is 0 Å². The molecule has 0 bridgehead atoms. The van der Waals surface area contributed by atoms with E-state index in [1.165, 1.54) is 4.70 Å². The molecular weight excluding hydrogens is 482 g/mol. The molecule has 3 aromatic rings. The van der Waals surface area contributed by atoms with E-state index in [-0.39, 0.29) is 6.61 Å². The molecule has 1 aliphatic heterocycles. The van der Waals surface area contributed by atoms with Gasteiger partial charge in [-0.25, -0.2) is 14.6 Å². The number of fused-ring (bicyclic) bond motifs is 1. The predicted octanol–water partition coefficient (Wildman–Crippen LogP) is 3.06. The van der Waals surface area contributed by atoms with Crippen LogP contribution in [0.25, 0.3) is 10.2 Å². The van der Waals surface area contributed by atoms with Crippen LogP contribution in [0.15, 0.2) is 48.5 Å². The first kappa shape index (κ1) is 25.7. The lowest BCUT2D eigenvalue weighted by atomic mass is 10.2. The number of aliphatic hydroxyl groups excluding tert-OH is 1. The number of halogens is 1. The number of carboxylic acids is 2. The molecule has 0 saturated carbocycles. The van der Waals surface area contributed by atoms with Crippen molar-refractivity contribution in [1.82, 2.24) is 9.88 Å². The Balaban J connectivity index is 0.000000481. The average molecular weight is 508 g/mol. The molecule has 2 aromatic carbocycles. The molecule has 1 aromatic heterocycles. The fourth-order valence-corrected chi connectivity index (χ4v) is 4.74. The van der Waals surface area contributed by atoms with Crippen LogP contribution in [-0.2, 0) is 9.59 Å². The lowest BCUT2D eigenvalue weighted by Crippen LogP contribution is -2.38. The van der Waals surface area contributed by atoms with E-state index in [0.29, 0.717) is 23.4 Å². The number of thiazole rings is 1. The SMILES string of the molecule is CN(c1nc2ccccc2s1)C1CCN(CC(O)COc2cccc(Cl)c2)C1.O=C(O)C(=O)O. The van der Waals surface area contributed by atoms with Crippen molar-refractivity contribution in [1.29, 1.82) is 0 Å². The fourth-order valence-electron chi connectivity index (χ4n) is 3.56. The number of nitrogens with zero attached hydrogens (tertiary/aromatic N) is 3. The van der Waals surface area contributed by atoms with Crippen LogP contribution in [0.2, 0.25) is 5.02 Å². The van der Waals surface area contributed by atoms with Crippen molar-refractivity contribution in [3.8, 4) is 5.75 Å². The summed E-state index contributed by atoms with van der Waals surface area (Å²) in [7, 11) is 2.12. The normalized spacial score (nSPS) is 16.5. The molecule has 3 N–H and O–H groups in total. The minimum Gasteiger partial charge on any atom is -0.491 e.